The monoisotopic (exact) mass is 297 g/mol. The van der Waals surface area contributed by atoms with Crippen molar-refractivity contribution in [1.82, 2.24) is 0 Å². The van der Waals surface area contributed by atoms with Gasteiger partial charge in [-0.25, -0.2) is 4.79 Å². The first kappa shape index (κ1) is 15.4. The van der Waals surface area contributed by atoms with Crippen molar-refractivity contribution in [3.8, 4) is 0 Å². The number of nitrogens with zero attached hydrogens (tertiary/aromatic N) is 1. The summed E-state index contributed by atoms with van der Waals surface area (Å²) in [7, 11) is 0. The van der Waals surface area contributed by atoms with E-state index in [2.05, 4.69) is 0 Å². The zero-order valence-corrected chi connectivity index (χ0v) is 12.1. The zero-order valence-electron chi connectivity index (χ0n) is 12.1. The second-order valence-electron chi connectivity index (χ2n) is 4.67. The highest BCUT2D eigenvalue weighted by molar-refractivity contribution is 5.90. The van der Waals surface area contributed by atoms with Crippen molar-refractivity contribution in [3.05, 3.63) is 81.4 Å². The molecule has 0 amide bonds. The molecule has 0 radical (unpaired) electrons. The molecule has 0 fully saturated rings. The molecule has 22 heavy (non-hydrogen) atoms. The van der Waals surface area contributed by atoms with Crippen LogP contribution < -0.4 is 0 Å². The third kappa shape index (κ3) is 4.02. The standard InChI is InChI=1S/C17H15NO4/c1-13-9-10-15(12-16(13)18(20)21)17(19)22-11-5-8-14-6-3-2-4-7-14/h2-10,12H,11H2,1H3/b8-5+. The van der Waals surface area contributed by atoms with Crippen molar-refractivity contribution in [2.75, 3.05) is 6.61 Å². The molecule has 0 aliphatic rings. The van der Waals surface area contributed by atoms with E-state index in [9.17, 15) is 14.9 Å². The average molecular weight is 297 g/mol. The Labute approximate surface area is 128 Å². The third-order valence-corrected chi connectivity index (χ3v) is 3.06. The van der Waals surface area contributed by atoms with Gasteiger partial charge in [-0.05, 0) is 24.6 Å². The number of ether oxygens (including phenoxy) is 1. The molecule has 2 aromatic rings. The van der Waals surface area contributed by atoms with Crippen LogP contribution in [0.15, 0.2) is 54.6 Å². The molecule has 2 rings (SSSR count). The lowest BCUT2D eigenvalue weighted by atomic mass is 10.1. The SMILES string of the molecule is Cc1ccc(C(=O)OC/C=C/c2ccccc2)cc1[N+](=O)[O-]. The summed E-state index contributed by atoms with van der Waals surface area (Å²) in [4.78, 5) is 22.2. The van der Waals surface area contributed by atoms with Crippen LogP contribution in [0.25, 0.3) is 6.08 Å². The molecule has 2 aromatic carbocycles. The molecule has 0 aliphatic heterocycles. The number of carbonyl (C=O) groups is 1. The van der Waals surface area contributed by atoms with E-state index in [4.69, 9.17) is 4.74 Å². The van der Waals surface area contributed by atoms with Crippen LogP contribution in [0.5, 0.6) is 0 Å². The fourth-order valence-electron chi connectivity index (χ4n) is 1.89. The van der Waals surface area contributed by atoms with Crippen LogP contribution in [0.4, 0.5) is 5.69 Å². The van der Waals surface area contributed by atoms with E-state index in [1.807, 2.05) is 36.4 Å². The molecule has 0 spiro atoms. The number of benzene rings is 2. The smallest absolute Gasteiger partial charge is 0.338 e. The zero-order chi connectivity index (χ0) is 15.9. The maximum Gasteiger partial charge on any atom is 0.338 e. The first-order valence-corrected chi connectivity index (χ1v) is 6.71. The molecule has 0 N–H and O–H groups in total. The maximum atomic E-state index is 11.9. The Hall–Kier alpha value is -2.95. The van der Waals surface area contributed by atoms with E-state index < -0.39 is 10.9 Å². The molecule has 0 bridgehead atoms. The summed E-state index contributed by atoms with van der Waals surface area (Å²) >= 11 is 0. The second kappa shape index (κ2) is 7.17. The lowest BCUT2D eigenvalue weighted by Crippen LogP contribution is -2.06. The van der Waals surface area contributed by atoms with Crippen LogP contribution in [0.1, 0.15) is 21.5 Å². The Morgan fingerprint density at radius 2 is 1.95 bits per heavy atom. The molecule has 5 nitrogen and oxygen atoms in total. The summed E-state index contributed by atoms with van der Waals surface area (Å²) in [6.07, 6.45) is 3.56. The highest BCUT2D eigenvalue weighted by atomic mass is 16.6. The van der Waals surface area contributed by atoms with E-state index >= 15 is 0 Å². The van der Waals surface area contributed by atoms with Crippen LogP contribution in [-0.2, 0) is 4.74 Å². The number of hydrogen-bond donors (Lipinski definition) is 0. The fraction of sp³-hybridized carbons (Fsp3) is 0.118. The second-order valence-corrected chi connectivity index (χ2v) is 4.67. The van der Waals surface area contributed by atoms with Gasteiger partial charge in [0.2, 0.25) is 0 Å². The van der Waals surface area contributed by atoms with Crippen molar-refractivity contribution in [2.45, 2.75) is 6.92 Å². The Morgan fingerprint density at radius 3 is 2.64 bits per heavy atom. The summed E-state index contributed by atoms with van der Waals surface area (Å²) in [5.41, 5.74) is 1.59. The van der Waals surface area contributed by atoms with Crippen molar-refractivity contribution >= 4 is 17.7 Å². The summed E-state index contributed by atoms with van der Waals surface area (Å²) in [5.74, 6) is -0.583. The number of esters is 1. The molecule has 0 saturated carbocycles. The van der Waals surface area contributed by atoms with Gasteiger partial charge in [0.1, 0.15) is 6.61 Å². The molecule has 0 heterocycles. The van der Waals surface area contributed by atoms with Gasteiger partial charge in [-0.2, -0.15) is 0 Å². The van der Waals surface area contributed by atoms with Crippen LogP contribution >= 0.6 is 0 Å². The molecule has 0 aromatic heterocycles. The number of nitro benzene ring substituents is 1. The predicted molar refractivity (Wildman–Crippen MR) is 83.6 cm³/mol. The van der Waals surface area contributed by atoms with Gasteiger partial charge in [0.15, 0.2) is 0 Å². The minimum absolute atomic E-state index is 0.0886. The fourth-order valence-corrected chi connectivity index (χ4v) is 1.89. The molecule has 112 valence electrons. The van der Waals surface area contributed by atoms with E-state index in [0.29, 0.717) is 5.56 Å². The Kier molecular flexibility index (Phi) is 5.03. The van der Waals surface area contributed by atoms with Gasteiger partial charge in [0, 0.05) is 11.6 Å². The van der Waals surface area contributed by atoms with Crippen LogP contribution in [0.3, 0.4) is 0 Å². The third-order valence-electron chi connectivity index (χ3n) is 3.06. The van der Waals surface area contributed by atoms with E-state index in [1.165, 1.54) is 18.2 Å². The van der Waals surface area contributed by atoms with Gasteiger partial charge in [0.25, 0.3) is 5.69 Å². The van der Waals surface area contributed by atoms with E-state index in [-0.39, 0.29) is 17.9 Å². The Bertz CT molecular complexity index is 708. The molecule has 0 unspecified atom stereocenters. The maximum absolute atomic E-state index is 11.9. The molecule has 0 atom stereocenters. The number of hydrogen-bond acceptors (Lipinski definition) is 4. The lowest BCUT2D eigenvalue weighted by molar-refractivity contribution is -0.385. The number of aryl methyl sites for hydroxylation is 1. The minimum Gasteiger partial charge on any atom is -0.458 e. The predicted octanol–water partition coefficient (Wildman–Crippen LogP) is 3.77. The Morgan fingerprint density at radius 1 is 1.23 bits per heavy atom. The van der Waals surface area contributed by atoms with Gasteiger partial charge < -0.3 is 4.74 Å². The summed E-state index contributed by atoms with van der Waals surface area (Å²) in [6, 6.07) is 13.9. The van der Waals surface area contributed by atoms with Gasteiger partial charge in [0.05, 0.1) is 10.5 Å². The molecule has 5 heteroatoms. The number of carbonyl (C=O) groups excluding carboxylic acids is 1. The van der Waals surface area contributed by atoms with Gasteiger partial charge in [-0.1, -0.05) is 42.5 Å². The summed E-state index contributed by atoms with van der Waals surface area (Å²) < 4.78 is 5.08. The average Bonchev–Trinajstić information content (AvgIpc) is 2.52. The van der Waals surface area contributed by atoms with Gasteiger partial charge >= 0.3 is 5.97 Å². The van der Waals surface area contributed by atoms with E-state index in [0.717, 1.165) is 5.56 Å². The highest BCUT2D eigenvalue weighted by Crippen LogP contribution is 2.19. The lowest BCUT2D eigenvalue weighted by Gasteiger charge is -2.03. The van der Waals surface area contributed by atoms with Crippen molar-refractivity contribution in [2.24, 2.45) is 0 Å². The molecular formula is C17H15NO4. The van der Waals surface area contributed by atoms with E-state index in [1.54, 1.807) is 13.0 Å². The highest BCUT2D eigenvalue weighted by Gasteiger charge is 2.15. The number of rotatable bonds is 5. The van der Waals surface area contributed by atoms with Crippen molar-refractivity contribution < 1.29 is 14.5 Å². The first-order chi connectivity index (χ1) is 10.6. The van der Waals surface area contributed by atoms with Crippen LogP contribution in [0.2, 0.25) is 0 Å². The van der Waals surface area contributed by atoms with Crippen LogP contribution in [0, 0.1) is 17.0 Å². The van der Waals surface area contributed by atoms with Crippen molar-refractivity contribution in [1.29, 1.82) is 0 Å². The Balaban J connectivity index is 1.97. The van der Waals surface area contributed by atoms with Gasteiger partial charge in [-0.15, -0.1) is 0 Å². The van der Waals surface area contributed by atoms with Gasteiger partial charge in [-0.3, -0.25) is 10.1 Å². The largest absolute Gasteiger partial charge is 0.458 e. The molecule has 0 saturated heterocycles. The number of nitro groups is 1. The topological polar surface area (TPSA) is 69.4 Å². The van der Waals surface area contributed by atoms with Crippen molar-refractivity contribution in [3.63, 3.8) is 0 Å². The molecular weight excluding hydrogens is 282 g/mol. The minimum atomic E-state index is -0.583. The summed E-state index contributed by atoms with van der Waals surface area (Å²) in [6.45, 7) is 1.73. The molecule has 0 aliphatic carbocycles. The summed E-state index contributed by atoms with van der Waals surface area (Å²) in [5, 5.41) is 10.9. The normalized spacial score (nSPS) is 10.6. The quantitative estimate of drug-likeness (QED) is 0.478. The first-order valence-electron chi connectivity index (χ1n) is 6.71. The van der Waals surface area contributed by atoms with Crippen LogP contribution in [-0.4, -0.2) is 17.5 Å².